The van der Waals surface area contributed by atoms with Gasteiger partial charge in [-0.25, -0.2) is 19.6 Å². The SMILES string of the molecule is CC(C)(C)OOC(C)(C)c1cccc(C(C)(C)OOC(C)(C)C)c1.c1ccccc1. The Morgan fingerprint density at radius 2 is 0.733 bits per heavy atom. The molecule has 0 unspecified atom stereocenters. The summed E-state index contributed by atoms with van der Waals surface area (Å²) in [5, 5.41) is 0. The van der Waals surface area contributed by atoms with Crippen LogP contribution in [-0.4, -0.2) is 11.2 Å². The van der Waals surface area contributed by atoms with Crippen molar-refractivity contribution >= 4 is 0 Å². The van der Waals surface area contributed by atoms with Crippen LogP contribution < -0.4 is 0 Å². The second kappa shape index (κ2) is 10.5. The van der Waals surface area contributed by atoms with E-state index in [9.17, 15) is 0 Å². The molecule has 2 rings (SSSR count). The van der Waals surface area contributed by atoms with Gasteiger partial charge >= 0.3 is 0 Å². The van der Waals surface area contributed by atoms with Crippen molar-refractivity contribution in [2.75, 3.05) is 0 Å². The van der Waals surface area contributed by atoms with E-state index in [4.69, 9.17) is 19.6 Å². The van der Waals surface area contributed by atoms with Gasteiger partial charge in [-0.15, -0.1) is 0 Å². The molecular weight excluding hydrogens is 376 g/mol. The van der Waals surface area contributed by atoms with Crippen molar-refractivity contribution in [3.63, 3.8) is 0 Å². The normalized spacial score (nSPS) is 12.9. The third kappa shape index (κ3) is 10.4. The van der Waals surface area contributed by atoms with Crippen LogP contribution in [0.1, 0.15) is 80.4 Å². The number of rotatable bonds is 6. The van der Waals surface area contributed by atoms with E-state index in [1.54, 1.807) is 0 Å². The van der Waals surface area contributed by atoms with Gasteiger partial charge in [0.05, 0.1) is 11.2 Å². The molecule has 0 amide bonds. The Balaban J connectivity index is 0.000000637. The van der Waals surface area contributed by atoms with Crippen molar-refractivity contribution in [2.45, 2.75) is 91.6 Å². The van der Waals surface area contributed by atoms with E-state index in [0.29, 0.717) is 0 Å². The van der Waals surface area contributed by atoms with Gasteiger partial charge in [-0.05, 0) is 86.4 Å². The smallest absolute Gasteiger partial charge is 0.123 e. The molecule has 0 saturated heterocycles. The Morgan fingerprint density at radius 3 is 1.00 bits per heavy atom. The maximum absolute atomic E-state index is 5.69. The zero-order chi connectivity index (χ0) is 23.1. The molecule has 168 valence electrons. The van der Waals surface area contributed by atoms with Gasteiger partial charge in [0.15, 0.2) is 0 Å². The van der Waals surface area contributed by atoms with Crippen molar-refractivity contribution in [1.82, 2.24) is 0 Å². The van der Waals surface area contributed by atoms with Crippen molar-refractivity contribution in [3.05, 3.63) is 71.8 Å². The standard InChI is InChI=1S/C20H34O4.C6H6/c1-17(2,3)21-23-19(7,8)15-12-11-13-16(14-15)20(9,10)24-22-18(4,5)6;1-2-4-6-5-3-1/h11-14H,1-10H3;1-6H. The lowest BCUT2D eigenvalue weighted by Gasteiger charge is -2.32. The minimum Gasteiger partial charge on any atom is -0.230 e. The molecule has 0 aliphatic rings. The molecule has 2 aromatic rings. The van der Waals surface area contributed by atoms with Gasteiger partial charge in [0.25, 0.3) is 0 Å². The first-order valence-electron chi connectivity index (χ1n) is 10.5. The molecule has 4 nitrogen and oxygen atoms in total. The summed E-state index contributed by atoms with van der Waals surface area (Å²) >= 11 is 0. The lowest BCUT2D eigenvalue weighted by molar-refractivity contribution is -0.403. The average molecular weight is 417 g/mol. The van der Waals surface area contributed by atoms with Gasteiger partial charge in [-0.3, -0.25) is 0 Å². The van der Waals surface area contributed by atoms with Crippen LogP contribution in [0.4, 0.5) is 0 Å². The fourth-order valence-electron chi connectivity index (χ4n) is 2.21. The van der Waals surface area contributed by atoms with Crippen LogP contribution >= 0.6 is 0 Å². The number of hydrogen-bond donors (Lipinski definition) is 0. The van der Waals surface area contributed by atoms with Crippen molar-refractivity contribution in [1.29, 1.82) is 0 Å². The number of benzene rings is 2. The summed E-state index contributed by atoms with van der Waals surface area (Å²) in [7, 11) is 0. The molecule has 0 fully saturated rings. The third-order valence-corrected chi connectivity index (χ3v) is 3.92. The molecule has 0 aromatic heterocycles. The quantitative estimate of drug-likeness (QED) is 0.365. The molecule has 0 saturated carbocycles. The van der Waals surface area contributed by atoms with E-state index >= 15 is 0 Å². The van der Waals surface area contributed by atoms with E-state index in [0.717, 1.165) is 11.1 Å². The summed E-state index contributed by atoms with van der Waals surface area (Å²) in [4.78, 5) is 22.4. The zero-order valence-corrected chi connectivity index (χ0v) is 20.4. The fourth-order valence-corrected chi connectivity index (χ4v) is 2.21. The van der Waals surface area contributed by atoms with Crippen molar-refractivity contribution in [3.8, 4) is 0 Å². The molecule has 0 aliphatic carbocycles. The summed E-state index contributed by atoms with van der Waals surface area (Å²) in [6, 6.07) is 20.1. The van der Waals surface area contributed by atoms with Crippen LogP contribution in [0.25, 0.3) is 0 Å². The average Bonchev–Trinajstić information content (AvgIpc) is 2.66. The Hall–Kier alpha value is -1.72. The van der Waals surface area contributed by atoms with Gasteiger partial charge in [0, 0.05) is 0 Å². The predicted octanol–water partition coefficient (Wildman–Crippen LogP) is 7.34. The largest absolute Gasteiger partial charge is 0.230 e. The zero-order valence-electron chi connectivity index (χ0n) is 20.4. The van der Waals surface area contributed by atoms with E-state index in [2.05, 4.69) is 6.07 Å². The Kier molecular flexibility index (Phi) is 9.25. The molecular formula is C26H40O4. The van der Waals surface area contributed by atoms with Crippen LogP contribution in [0.3, 0.4) is 0 Å². The van der Waals surface area contributed by atoms with Crippen molar-refractivity contribution in [2.24, 2.45) is 0 Å². The van der Waals surface area contributed by atoms with E-state index in [1.165, 1.54) is 0 Å². The summed E-state index contributed by atoms with van der Waals surface area (Å²) in [5.74, 6) is 0. The molecule has 0 N–H and O–H groups in total. The van der Waals surface area contributed by atoms with Gasteiger partial charge in [0.1, 0.15) is 11.2 Å². The lowest BCUT2D eigenvalue weighted by atomic mass is 9.91. The molecule has 0 aliphatic heterocycles. The van der Waals surface area contributed by atoms with E-state index in [-0.39, 0.29) is 11.2 Å². The van der Waals surface area contributed by atoms with Gasteiger partial charge in [-0.1, -0.05) is 54.6 Å². The molecule has 2 aromatic carbocycles. The lowest BCUT2D eigenvalue weighted by Crippen LogP contribution is -2.31. The Morgan fingerprint density at radius 1 is 0.433 bits per heavy atom. The molecule has 0 spiro atoms. The molecule has 30 heavy (non-hydrogen) atoms. The van der Waals surface area contributed by atoms with E-state index < -0.39 is 11.2 Å². The van der Waals surface area contributed by atoms with Gasteiger partial charge < -0.3 is 0 Å². The molecule has 0 atom stereocenters. The van der Waals surface area contributed by atoms with Gasteiger partial charge in [0.2, 0.25) is 0 Å². The Bertz CT molecular complexity index is 666. The highest BCUT2D eigenvalue weighted by Crippen LogP contribution is 2.32. The monoisotopic (exact) mass is 416 g/mol. The second-order valence-electron chi connectivity index (χ2n) is 10.3. The topological polar surface area (TPSA) is 36.9 Å². The third-order valence-electron chi connectivity index (χ3n) is 3.92. The molecule has 4 heteroatoms. The van der Waals surface area contributed by atoms with Gasteiger partial charge in [-0.2, -0.15) is 0 Å². The molecule has 0 radical (unpaired) electrons. The summed E-state index contributed by atoms with van der Waals surface area (Å²) in [5.41, 5.74) is 0.137. The van der Waals surface area contributed by atoms with Crippen LogP contribution in [-0.2, 0) is 30.8 Å². The first-order valence-corrected chi connectivity index (χ1v) is 10.5. The summed E-state index contributed by atoms with van der Waals surface area (Å²) in [6.07, 6.45) is 0. The minimum absolute atomic E-state index is 0.363. The maximum atomic E-state index is 5.69. The van der Waals surface area contributed by atoms with Crippen LogP contribution in [0.15, 0.2) is 60.7 Å². The van der Waals surface area contributed by atoms with Crippen LogP contribution in [0.2, 0.25) is 0 Å². The number of hydrogen-bond acceptors (Lipinski definition) is 4. The highest BCUT2D eigenvalue weighted by atomic mass is 17.2. The van der Waals surface area contributed by atoms with Crippen molar-refractivity contribution < 1.29 is 19.6 Å². The Labute approximate surface area is 183 Å². The maximum Gasteiger partial charge on any atom is 0.123 e. The van der Waals surface area contributed by atoms with Crippen LogP contribution in [0.5, 0.6) is 0 Å². The molecule has 0 bridgehead atoms. The first-order chi connectivity index (χ1) is 13.6. The minimum atomic E-state index is -0.579. The highest BCUT2D eigenvalue weighted by molar-refractivity contribution is 5.30. The highest BCUT2D eigenvalue weighted by Gasteiger charge is 2.30. The van der Waals surface area contributed by atoms with Crippen LogP contribution in [0, 0.1) is 0 Å². The summed E-state index contributed by atoms with van der Waals surface area (Å²) in [6.45, 7) is 19.7. The first kappa shape index (κ1) is 26.3. The second-order valence-corrected chi connectivity index (χ2v) is 10.3. The fraction of sp³-hybridized carbons (Fsp3) is 0.538. The molecule has 0 heterocycles. The summed E-state index contributed by atoms with van der Waals surface area (Å²) < 4.78 is 0. The predicted molar refractivity (Wildman–Crippen MR) is 123 cm³/mol. The van der Waals surface area contributed by atoms with E-state index in [1.807, 2.05) is 124 Å².